The van der Waals surface area contributed by atoms with Gasteiger partial charge in [-0.1, -0.05) is 36.4 Å². The van der Waals surface area contributed by atoms with Crippen LogP contribution in [0.4, 0.5) is 10.6 Å². The third kappa shape index (κ3) is 3.95. The summed E-state index contributed by atoms with van der Waals surface area (Å²) in [7, 11) is 0. The molecule has 1 fully saturated rings. The van der Waals surface area contributed by atoms with Crippen LogP contribution < -0.4 is 5.73 Å². The fourth-order valence-corrected chi connectivity index (χ4v) is 4.93. The van der Waals surface area contributed by atoms with Crippen molar-refractivity contribution in [2.75, 3.05) is 5.73 Å². The fourth-order valence-electron chi connectivity index (χ4n) is 4.93. The fraction of sp³-hybridized carbons (Fsp3) is 0.308. The van der Waals surface area contributed by atoms with E-state index in [1.54, 1.807) is 24.7 Å². The van der Waals surface area contributed by atoms with Crippen molar-refractivity contribution in [2.45, 2.75) is 50.8 Å². The zero-order chi connectivity index (χ0) is 23.0. The first-order chi connectivity index (χ1) is 15.9. The lowest BCUT2D eigenvalue weighted by atomic mass is 9.86. The molecule has 0 radical (unpaired) electrons. The summed E-state index contributed by atoms with van der Waals surface area (Å²) in [5.74, 6) is 0.971. The Balaban J connectivity index is 1.41. The van der Waals surface area contributed by atoms with Crippen molar-refractivity contribution >= 4 is 17.5 Å². The van der Waals surface area contributed by atoms with E-state index in [4.69, 9.17) is 10.5 Å². The molecule has 7 nitrogen and oxygen atoms in total. The molecule has 2 unspecified atom stereocenters. The first-order valence-corrected chi connectivity index (χ1v) is 11.2. The minimum Gasteiger partial charge on any atom is -0.441 e. The molecule has 5 rings (SSSR count). The van der Waals surface area contributed by atoms with Gasteiger partial charge in [-0.05, 0) is 61.9 Å². The number of benzene rings is 1. The molecule has 168 valence electrons. The van der Waals surface area contributed by atoms with Gasteiger partial charge < -0.3 is 10.5 Å². The Morgan fingerprint density at radius 1 is 1.09 bits per heavy atom. The number of hydrogen-bond donors (Lipinski definition) is 1. The van der Waals surface area contributed by atoms with Gasteiger partial charge in [0.2, 0.25) is 0 Å². The number of ether oxygens (including phenoxy) is 1. The lowest BCUT2D eigenvalue weighted by Crippen LogP contribution is -2.41. The summed E-state index contributed by atoms with van der Waals surface area (Å²) in [6.45, 7) is 3.97. The van der Waals surface area contributed by atoms with Crippen LogP contribution in [0.15, 0.2) is 67.1 Å². The number of cyclic esters (lactones) is 1. The second-order valence-electron chi connectivity index (χ2n) is 9.08. The largest absolute Gasteiger partial charge is 0.441 e. The summed E-state index contributed by atoms with van der Waals surface area (Å²) in [6, 6.07) is 13.9. The lowest BCUT2D eigenvalue weighted by molar-refractivity contribution is 0.0668. The summed E-state index contributed by atoms with van der Waals surface area (Å²) in [6.07, 6.45) is 9.58. The predicted molar refractivity (Wildman–Crippen MR) is 127 cm³/mol. The second kappa shape index (κ2) is 8.31. The number of nitrogen functional groups attached to an aromatic ring is 1. The van der Waals surface area contributed by atoms with Crippen molar-refractivity contribution in [3.05, 3.63) is 78.3 Å². The molecule has 0 spiro atoms. The molecule has 1 aliphatic heterocycles. The van der Waals surface area contributed by atoms with Gasteiger partial charge in [0.05, 0.1) is 11.6 Å². The molecular formula is C26H27N5O2. The number of hydrogen-bond acceptors (Lipinski definition) is 6. The van der Waals surface area contributed by atoms with Crippen molar-refractivity contribution in [3.8, 4) is 11.4 Å². The number of allylic oxidation sites excluding steroid dienone is 1. The van der Waals surface area contributed by atoms with Crippen LogP contribution in [0, 0.1) is 0 Å². The molecule has 1 aliphatic carbocycles. The molecule has 3 heterocycles. The highest BCUT2D eigenvalue weighted by Crippen LogP contribution is 2.45. The highest BCUT2D eigenvalue weighted by molar-refractivity contribution is 5.76. The zero-order valence-corrected chi connectivity index (χ0v) is 18.8. The van der Waals surface area contributed by atoms with Crippen LogP contribution in [0.25, 0.3) is 17.0 Å². The summed E-state index contributed by atoms with van der Waals surface area (Å²) in [5, 5.41) is 0. The summed E-state index contributed by atoms with van der Waals surface area (Å²) in [5.41, 5.74) is 9.53. The number of carbonyl (C=O) groups excluding carboxylic acids is 1. The summed E-state index contributed by atoms with van der Waals surface area (Å²) >= 11 is 0. The third-order valence-electron chi connectivity index (χ3n) is 6.49. The van der Waals surface area contributed by atoms with Crippen LogP contribution >= 0.6 is 0 Å². The van der Waals surface area contributed by atoms with Crippen LogP contribution in [0.5, 0.6) is 0 Å². The molecule has 2 atom stereocenters. The van der Waals surface area contributed by atoms with E-state index in [1.165, 1.54) is 5.57 Å². The van der Waals surface area contributed by atoms with Crippen molar-refractivity contribution in [1.29, 1.82) is 0 Å². The minimum absolute atomic E-state index is 0.0758. The summed E-state index contributed by atoms with van der Waals surface area (Å²) in [4.78, 5) is 27.9. The topological polar surface area (TPSA) is 94.2 Å². The molecule has 2 N–H and O–H groups in total. The minimum atomic E-state index is -0.589. The smallest absolute Gasteiger partial charge is 0.411 e. The van der Waals surface area contributed by atoms with Crippen molar-refractivity contribution < 1.29 is 9.53 Å². The molecule has 2 aliphatic rings. The van der Waals surface area contributed by atoms with E-state index < -0.39 is 5.60 Å². The van der Waals surface area contributed by atoms with Gasteiger partial charge in [-0.2, -0.15) is 0 Å². The molecule has 0 saturated carbocycles. The number of nitrogens with zero attached hydrogens (tertiary/aromatic N) is 4. The number of rotatable bonds is 4. The third-order valence-corrected chi connectivity index (χ3v) is 6.49. The average molecular weight is 442 g/mol. The zero-order valence-electron chi connectivity index (χ0n) is 18.8. The average Bonchev–Trinajstić information content (AvgIpc) is 3.08. The number of amides is 1. The SMILES string of the molecule is CC1(C)OC(=O)N(C2CC=C(c3cnc(N)c(-c4ncccn4)c3)CC2)C1c1ccccc1. The van der Waals surface area contributed by atoms with Gasteiger partial charge in [-0.25, -0.2) is 19.7 Å². The van der Waals surface area contributed by atoms with Crippen LogP contribution in [0.1, 0.15) is 50.3 Å². The van der Waals surface area contributed by atoms with Gasteiger partial charge in [0.1, 0.15) is 11.4 Å². The molecule has 1 saturated heterocycles. The van der Waals surface area contributed by atoms with Gasteiger partial charge >= 0.3 is 6.09 Å². The first-order valence-electron chi connectivity index (χ1n) is 11.2. The normalized spacial score (nSPS) is 22.1. The Morgan fingerprint density at radius 2 is 1.85 bits per heavy atom. The monoisotopic (exact) mass is 441 g/mol. The van der Waals surface area contributed by atoms with E-state index in [2.05, 4.69) is 33.2 Å². The van der Waals surface area contributed by atoms with Crippen LogP contribution in [-0.4, -0.2) is 37.6 Å². The quantitative estimate of drug-likeness (QED) is 0.610. The molecule has 1 amide bonds. The van der Waals surface area contributed by atoms with Crippen molar-refractivity contribution in [1.82, 2.24) is 19.9 Å². The number of pyridine rings is 1. The van der Waals surface area contributed by atoms with Gasteiger partial charge in [0, 0.05) is 24.6 Å². The van der Waals surface area contributed by atoms with Gasteiger partial charge in [-0.3, -0.25) is 4.90 Å². The number of carbonyl (C=O) groups is 1. The maximum absolute atomic E-state index is 12.9. The Morgan fingerprint density at radius 3 is 2.55 bits per heavy atom. The van der Waals surface area contributed by atoms with E-state index in [0.717, 1.165) is 36.0 Å². The van der Waals surface area contributed by atoms with Gasteiger partial charge in [-0.15, -0.1) is 0 Å². The molecule has 0 bridgehead atoms. The molecule has 3 aromatic rings. The standard InChI is InChI=1S/C26H27N5O2/c1-26(2)22(18-7-4-3-5-8-18)31(25(32)33-26)20-11-9-17(10-12-20)19-15-21(23(27)30-16-19)24-28-13-6-14-29-24/h3-9,13-16,20,22H,10-12H2,1-2H3,(H2,27,30). The number of aromatic nitrogens is 3. The maximum Gasteiger partial charge on any atom is 0.411 e. The van der Waals surface area contributed by atoms with Crippen LogP contribution in [0.2, 0.25) is 0 Å². The van der Waals surface area contributed by atoms with E-state index >= 15 is 0 Å². The highest BCUT2D eigenvalue weighted by atomic mass is 16.6. The van der Waals surface area contributed by atoms with Crippen molar-refractivity contribution in [2.24, 2.45) is 0 Å². The van der Waals surface area contributed by atoms with E-state index in [-0.39, 0.29) is 18.2 Å². The van der Waals surface area contributed by atoms with Gasteiger partial charge in [0.25, 0.3) is 0 Å². The maximum atomic E-state index is 12.9. The van der Waals surface area contributed by atoms with E-state index in [0.29, 0.717) is 11.6 Å². The molecule has 1 aromatic carbocycles. The molecular weight excluding hydrogens is 414 g/mol. The predicted octanol–water partition coefficient (Wildman–Crippen LogP) is 5.03. The number of nitrogens with two attached hydrogens (primary N) is 1. The van der Waals surface area contributed by atoms with E-state index in [9.17, 15) is 4.79 Å². The Labute approximate surface area is 193 Å². The van der Waals surface area contributed by atoms with Crippen molar-refractivity contribution in [3.63, 3.8) is 0 Å². The van der Waals surface area contributed by atoms with Crippen LogP contribution in [-0.2, 0) is 4.74 Å². The molecule has 7 heteroatoms. The van der Waals surface area contributed by atoms with Crippen LogP contribution in [0.3, 0.4) is 0 Å². The molecule has 33 heavy (non-hydrogen) atoms. The number of anilines is 1. The second-order valence-corrected chi connectivity index (χ2v) is 9.08. The summed E-state index contributed by atoms with van der Waals surface area (Å²) < 4.78 is 5.80. The lowest BCUT2D eigenvalue weighted by Gasteiger charge is -2.36. The first kappa shape index (κ1) is 21.1. The Bertz CT molecular complexity index is 1190. The Kier molecular flexibility index (Phi) is 5.32. The Hall–Kier alpha value is -3.74. The van der Waals surface area contributed by atoms with Gasteiger partial charge in [0.15, 0.2) is 5.82 Å². The highest BCUT2D eigenvalue weighted by Gasteiger charge is 2.50. The molecule has 2 aromatic heterocycles. The van der Waals surface area contributed by atoms with E-state index in [1.807, 2.05) is 43.0 Å².